The van der Waals surface area contributed by atoms with E-state index in [2.05, 4.69) is 21.6 Å². The predicted octanol–water partition coefficient (Wildman–Crippen LogP) is 3.56. The maximum atomic E-state index is 13.2. The van der Waals surface area contributed by atoms with Crippen molar-refractivity contribution in [2.24, 2.45) is 0 Å². The van der Waals surface area contributed by atoms with Crippen molar-refractivity contribution in [3.05, 3.63) is 88.1 Å². The molecule has 2 heterocycles. The summed E-state index contributed by atoms with van der Waals surface area (Å²) < 4.78 is 5.41. The average molecular weight is 450 g/mol. The normalized spacial score (nSPS) is 15.1. The Morgan fingerprint density at radius 3 is 2.50 bits per heavy atom. The molecule has 1 aliphatic heterocycles. The minimum Gasteiger partial charge on any atom is -0.379 e. The lowest BCUT2D eigenvalue weighted by Crippen LogP contribution is -2.45. The summed E-state index contributed by atoms with van der Waals surface area (Å²) in [5, 5.41) is 7.75. The Labute approximate surface area is 192 Å². The molecule has 0 radical (unpaired) electrons. The zero-order valence-electron chi connectivity index (χ0n) is 17.8. The summed E-state index contributed by atoms with van der Waals surface area (Å²) in [6, 6.07) is 20.5. The van der Waals surface area contributed by atoms with Crippen molar-refractivity contribution in [2.45, 2.75) is 19.0 Å². The highest BCUT2D eigenvalue weighted by Crippen LogP contribution is 2.15. The second kappa shape index (κ2) is 11.0. The van der Waals surface area contributed by atoms with Crippen LogP contribution in [-0.4, -0.2) is 49.1 Å². The van der Waals surface area contributed by atoms with Crippen LogP contribution in [0.2, 0.25) is 0 Å². The van der Waals surface area contributed by atoms with E-state index in [0.717, 1.165) is 49.7 Å². The summed E-state index contributed by atoms with van der Waals surface area (Å²) in [7, 11) is 0. The quantitative estimate of drug-likeness (QED) is 0.552. The van der Waals surface area contributed by atoms with E-state index in [1.165, 1.54) is 11.3 Å². The molecule has 2 N–H and O–H groups in total. The fourth-order valence-corrected chi connectivity index (χ4v) is 4.32. The highest BCUT2D eigenvalue weighted by atomic mass is 32.1. The SMILES string of the molecule is O=C(NC(Cc1ccccc1)C(=O)Nc1cccc(CN2CCOCC2)c1)c1cccs1. The molecule has 2 aromatic carbocycles. The molecule has 166 valence electrons. The van der Waals surface area contributed by atoms with Crippen molar-refractivity contribution in [2.75, 3.05) is 31.6 Å². The summed E-state index contributed by atoms with van der Waals surface area (Å²) in [6.07, 6.45) is 0.414. The Bertz CT molecular complexity index is 1020. The Kier molecular flexibility index (Phi) is 7.66. The molecular weight excluding hydrogens is 422 g/mol. The standard InChI is InChI=1S/C25H27N3O3S/c29-24(26-21-9-4-8-20(16-21)18-28-11-13-31-14-12-28)22(17-19-6-2-1-3-7-19)27-25(30)23-10-5-15-32-23/h1-10,15-16,22H,11-14,17-18H2,(H,26,29)(H,27,30). The van der Waals surface area contributed by atoms with Gasteiger partial charge in [-0.1, -0.05) is 48.5 Å². The van der Waals surface area contributed by atoms with E-state index in [1.54, 1.807) is 6.07 Å². The van der Waals surface area contributed by atoms with Gasteiger partial charge in [-0.15, -0.1) is 11.3 Å². The molecule has 3 aromatic rings. The van der Waals surface area contributed by atoms with Gasteiger partial charge in [-0.2, -0.15) is 0 Å². The fraction of sp³-hybridized carbons (Fsp3) is 0.280. The van der Waals surface area contributed by atoms with E-state index >= 15 is 0 Å². The van der Waals surface area contributed by atoms with Gasteiger partial charge in [0.05, 0.1) is 18.1 Å². The Morgan fingerprint density at radius 2 is 1.75 bits per heavy atom. The Balaban J connectivity index is 1.45. The molecule has 32 heavy (non-hydrogen) atoms. The molecule has 0 spiro atoms. The number of rotatable bonds is 8. The maximum absolute atomic E-state index is 13.2. The van der Waals surface area contributed by atoms with E-state index < -0.39 is 6.04 Å². The minimum atomic E-state index is -0.685. The van der Waals surface area contributed by atoms with Gasteiger partial charge in [-0.25, -0.2) is 0 Å². The number of amides is 2. The van der Waals surface area contributed by atoms with Gasteiger partial charge in [0, 0.05) is 31.7 Å². The number of anilines is 1. The molecule has 0 aliphatic carbocycles. The molecule has 1 fully saturated rings. The van der Waals surface area contributed by atoms with Crippen LogP contribution >= 0.6 is 11.3 Å². The van der Waals surface area contributed by atoms with Crippen LogP contribution in [0.25, 0.3) is 0 Å². The van der Waals surface area contributed by atoms with Gasteiger partial charge in [0.2, 0.25) is 5.91 Å². The third-order valence-electron chi connectivity index (χ3n) is 5.35. The first-order chi connectivity index (χ1) is 15.7. The first-order valence-electron chi connectivity index (χ1n) is 10.8. The van der Waals surface area contributed by atoms with E-state index in [1.807, 2.05) is 60.0 Å². The average Bonchev–Trinajstić information content (AvgIpc) is 3.35. The van der Waals surface area contributed by atoms with E-state index in [4.69, 9.17) is 4.74 Å². The molecule has 1 aromatic heterocycles. The number of morpholine rings is 1. The monoisotopic (exact) mass is 449 g/mol. The van der Waals surface area contributed by atoms with Crippen molar-refractivity contribution >= 4 is 28.8 Å². The van der Waals surface area contributed by atoms with Gasteiger partial charge >= 0.3 is 0 Å². The Hall–Kier alpha value is -3.00. The minimum absolute atomic E-state index is 0.234. The fourth-order valence-electron chi connectivity index (χ4n) is 3.69. The summed E-state index contributed by atoms with van der Waals surface area (Å²) in [5.74, 6) is -0.473. The molecule has 0 bridgehead atoms. The number of nitrogens with zero attached hydrogens (tertiary/aromatic N) is 1. The van der Waals surface area contributed by atoms with Crippen LogP contribution in [0, 0.1) is 0 Å². The Morgan fingerprint density at radius 1 is 0.969 bits per heavy atom. The number of thiophene rings is 1. The number of ether oxygens (including phenoxy) is 1. The third kappa shape index (κ3) is 6.26. The number of nitrogens with one attached hydrogen (secondary N) is 2. The molecule has 1 saturated heterocycles. The smallest absolute Gasteiger partial charge is 0.262 e. The zero-order valence-corrected chi connectivity index (χ0v) is 18.6. The lowest BCUT2D eigenvalue weighted by Gasteiger charge is -2.26. The van der Waals surface area contributed by atoms with Crippen molar-refractivity contribution in [3.8, 4) is 0 Å². The number of carbonyl (C=O) groups is 2. The second-order valence-corrected chi connectivity index (χ2v) is 8.72. The van der Waals surface area contributed by atoms with Crippen LogP contribution in [0.4, 0.5) is 5.69 Å². The van der Waals surface area contributed by atoms with Crippen molar-refractivity contribution in [3.63, 3.8) is 0 Å². The van der Waals surface area contributed by atoms with E-state index in [0.29, 0.717) is 11.3 Å². The van der Waals surface area contributed by atoms with Crippen molar-refractivity contribution in [1.29, 1.82) is 0 Å². The highest BCUT2D eigenvalue weighted by molar-refractivity contribution is 7.12. The lowest BCUT2D eigenvalue weighted by molar-refractivity contribution is -0.118. The van der Waals surface area contributed by atoms with Gasteiger partial charge in [-0.3, -0.25) is 14.5 Å². The van der Waals surface area contributed by atoms with Crippen LogP contribution in [0.1, 0.15) is 20.8 Å². The van der Waals surface area contributed by atoms with Gasteiger partial charge in [-0.05, 0) is 34.7 Å². The van der Waals surface area contributed by atoms with Crippen LogP contribution in [0.3, 0.4) is 0 Å². The summed E-state index contributed by atoms with van der Waals surface area (Å²) in [6.45, 7) is 4.13. The molecule has 1 unspecified atom stereocenters. The van der Waals surface area contributed by atoms with Gasteiger partial charge < -0.3 is 15.4 Å². The molecule has 1 atom stereocenters. The number of carbonyl (C=O) groups excluding carboxylic acids is 2. The summed E-state index contributed by atoms with van der Waals surface area (Å²) in [5.41, 5.74) is 2.84. The van der Waals surface area contributed by atoms with Gasteiger partial charge in [0.1, 0.15) is 6.04 Å². The first-order valence-corrected chi connectivity index (χ1v) is 11.6. The topological polar surface area (TPSA) is 70.7 Å². The number of benzene rings is 2. The van der Waals surface area contributed by atoms with E-state index in [-0.39, 0.29) is 11.8 Å². The molecule has 6 nitrogen and oxygen atoms in total. The molecule has 1 aliphatic rings. The molecular formula is C25H27N3O3S. The lowest BCUT2D eigenvalue weighted by atomic mass is 10.0. The van der Waals surface area contributed by atoms with Gasteiger partial charge in [0.25, 0.3) is 5.91 Å². The molecule has 4 rings (SSSR count). The van der Waals surface area contributed by atoms with Crippen LogP contribution in [0.15, 0.2) is 72.1 Å². The second-order valence-electron chi connectivity index (χ2n) is 7.77. The summed E-state index contributed by atoms with van der Waals surface area (Å²) in [4.78, 5) is 28.7. The maximum Gasteiger partial charge on any atom is 0.262 e. The first kappa shape index (κ1) is 22.2. The summed E-state index contributed by atoms with van der Waals surface area (Å²) >= 11 is 1.36. The van der Waals surface area contributed by atoms with E-state index in [9.17, 15) is 9.59 Å². The van der Waals surface area contributed by atoms with Crippen molar-refractivity contribution in [1.82, 2.24) is 10.2 Å². The molecule has 7 heteroatoms. The van der Waals surface area contributed by atoms with Crippen LogP contribution in [-0.2, 0) is 22.5 Å². The zero-order chi connectivity index (χ0) is 22.2. The molecule has 0 saturated carbocycles. The molecule has 2 amide bonds. The van der Waals surface area contributed by atoms with Crippen molar-refractivity contribution < 1.29 is 14.3 Å². The van der Waals surface area contributed by atoms with Crippen LogP contribution < -0.4 is 10.6 Å². The number of hydrogen-bond acceptors (Lipinski definition) is 5. The third-order valence-corrected chi connectivity index (χ3v) is 6.22. The predicted molar refractivity (Wildman–Crippen MR) is 127 cm³/mol. The largest absolute Gasteiger partial charge is 0.379 e. The van der Waals surface area contributed by atoms with Crippen LogP contribution in [0.5, 0.6) is 0 Å². The number of hydrogen-bond donors (Lipinski definition) is 2. The highest BCUT2D eigenvalue weighted by Gasteiger charge is 2.23. The van der Waals surface area contributed by atoms with Gasteiger partial charge in [0.15, 0.2) is 0 Å².